The van der Waals surface area contributed by atoms with E-state index < -0.39 is 10.0 Å². The lowest BCUT2D eigenvalue weighted by Crippen LogP contribution is -2.43. The lowest BCUT2D eigenvalue weighted by Gasteiger charge is -2.26. The Hall–Kier alpha value is -0.330. The number of sulfonamides is 1. The van der Waals surface area contributed by atoms with E-state index in [-0.39, 0.29) is 28.4 Å². The van der Waals surface area contributed by atoms with Crippen LogP contribution in [0.25, 0.3) is 0 Å². The maximum atomic E-state index is 12.5. The fourth-order valence-corrected chi connectivity index (χ4v) is 4.02. The molecule has 2 rings (SSSR count). The van der Waals surface area contributed by atoms with Gasteiger partial charge in [-0.25, -0.2) is 8.42 Å². The first kappa shape index (κ1) is 16.7. The number of hydrogen-bond donors (Lipinski definition) is 1. The Bertz CT molecular complexity index is 532. The minimum atomic E-state index is -3.56. The topological polar surface area (TPSA) is 63.4 Å². The zero-order valence-electron chi connectivity index (χ0n) is 10.6. The van der Waals surface area contributed by atoms with Crippen LogP contribution >= 0.6 is 24.0 Å². The summed E-state index contributed by atoms with van der Waals surface area (Å²) < 4.78 is 26.3. The largest absolute Gasteiger partial charge is 0.329 e. The fourth-order valence-electron chi connectivity index (χ4n) is 2.11. The molecule has 0 aliphatic heterocycles. The highest BCUT2D eigenvalue weighted by Crippen LogP contribution is 2.36. The predicted molar refractivity (Wildman–Crippen MR) is 79.2 cm³/mol. The molecule has 2 N–H and O–H groups in total. The summed E-state index contributed by atoms with van der Waals surface area (Å²) in [5.41, 5.74) is 5.69. The van der Waals surface area contributed by atoms with Crippen molar-refractivity contribution < 1.29 is 8.42 Å². The molecule has 1 saturated carbocycles. The molecule has 1 fully saturated rings. The second-order valence-corrected chi connectivity index (χ2v) is 6.97. The molecule has 1 aliphatic rings. The molecule has 0 saturated heterocycles. The fraction of sp³-hybridized carbons (Fsp3) is 0.500. The third kappa shape index (κ3) is 3.41. The molecule has 19 heavy (non-hydrogen) atoms. The van der Waals surface area contributed by atoms with Crippen LogP contribution in [-0.4, -0.2) is 32.4 Å². The van der Waals surface area contributed by atoms with Gasteiger partial charge in [0.05, 0.1) is 5.02 Å². The summed E-state index contributed by atoms with van der Waals surface area (Å²) in [4.78, 5) is 0.147. The minimum absolute atomic E-state index is 0. The molecule has 4 nitrogen and oxygen atoms in total. The molecule has 0 spiro atoms. The first-order valence-electron chi connectivity index (χ1n) is 5.91. The van der Waals surface area contributed by atoms with Crippen LogP contribution < -0.4 is 5.73 Å². The van der Waals surface area contributed by atoms with Gasteiger partial charge >= 0.3 is 0 Å². The van der Waals surface area contributed by atoms with Gasteiger partial charge in [0.25, 0.3) is 0 Å². The maximum absolute atomic E-state index is 12.5. The van der Waals surface area contributed by atoms with Crippen molar-refractivity contribution in [1.82, 2.24) is 4.31 Å². The van der Waals surface area contributed by atoms with Crippen LogP contribution in [0.15, 0.2) is 29.2 Å². The van der Waals surface area contributed by atoms with Crippen molar-refractivity contribution in [2.45, 2.75) is 23.8 Å². The van der Waals surface area contributed by atoms with E-state index in [0.717, 1.165) is 12.8 Å². The molecule has 1 atom stereocenters. The lowest BCUT2D eigenvalue weighted by molar-refractivity contribution is 0.340. The second-order valence-electron chi connectivity index (χ2n) is 4.59. The van der Waals surface area contributed by atoms with Crippen LogP contribution in [0.3, 0.4) is 0 Å². The van der Waals surface area contributed by atoms with Crippen molar-refractivity contribution in [3.8, 4) is 0 Å². The SMILES string of the molecule is CN(C(CN)C1CC1)S(=O)(=O)c1ccccc1Cl.Cl. The Morgan fingerprint density at radius 1 is 1.42 bits per heavy atom. The third-order valence-electron chi connectivity index (χ3n) is 3.37. The molecule has 0 bridgehead atoms. The van der Waals surface area contributed by atoms with Gasteiger partial charge in [0.1, 0.15) is 4.90 Å². The van der Waals surface area contributed by atoms with E-state index in [1.807, 2.05) is 0 Å². The average Bonchev–Trinajstić information content (AvgIpc) is 3.14. The first-order chi connectivity index (χ1) is 8.48. The molecule has 108 valence electrons. The van der Waals surface area contributed by atoms with E-state index in [9.17, 15) is 8.42 Å². The molecule has 1 aliphatic carbocycles. The van der Waals surface area contributed by atoms with Gasteiger partial charge in [0, 0.05) is 19.6 Å². The summed E-state index contributed by atoms with van der Waals surface area (Å²) in [6.07, 6.45) is 2.09. The summed E-state index contributed by atoms with van der Waals surface area (Å²) in [5.74, 6) is 0.386. The van der Waals surface area contributed by atoms with Crippen molar-refractivity contribution in [3.63, 3.8) is 0 Å². The summed E-state index contributed by atoms with van der Waals surface area (Å²) in [6.45, 7) is 0.338. The van der Waals surface area contributed by atoms with Gasteiger partial charge in [0.2, 0.25) is 10.0 Å². The van der Waals surface area contributed by atoms with Crippen LogP contribution in [0.2, 0.25) is 5.02 Å². The quantitative estimate of drug-likeness (QED) is 0.902. The van der Waals surface area contributed by atoms with Gasteiger partial charge in [-0.05, 0) is 30.9 Å². The van der Waals surface area contributed by atoms with Crippen molar-refractivity contribution >= 4 is 34.0 Å². The summed E-state index contributed by atoms with van der Waals surface area (Å²) in [5, 5.41) is 0.246. The monoisotopic (exact) mass is 324 g/mol. The molecule has 1 unspecified atom stereocenters. The van der Waals surface area contributed by atoms with E-state index in [2.05, 4.69) is 0 Å². The molecule has 0 radical (unpaired) electrons. The van der Waals surface area contributed by atoms with Gasteiger partial charge in [-0.15, -0.1) is 12.4 Å². The van der Waals surface area contributed by atoms with Crippen LogP contribution in [0.4, 0.5) is 0 Å². The number of likely N-dealkylation sites (N-methyl/N-ethyl adjacent to an activating group) is 1. The molecule has 1 aromatic carbocycles. The van der Waals surface area contributed by atoms with Crippen molar-refractivity contribution in [3.05, 3.63) is 29.3 Å². The van der Waals surface area contributed by atoms with Crippen LogP contribution in [-0.2, 0) is 10.0 Å². The van der Waals surface area contributed by atoms with Crippen LogP contribution in [0.1, 0.15) is 12.8 Å². The molecular weight excluding hydrogens is 307 g/mol. The highest BCUT2D eigenvalue weighted by atomic mass is 35.5. The average molecular weight is 325 g/mol. The highest BCUT2D eigenvalue weighted by molar-refractivity contribution is 7.89. The van der Waals surface area contributed by atoms with E-state index in [1.165, 1.54) is 10.4 Å². The van der Waals surface area contributed by atoms with Crippen molar-refractivity contribution in [2.75, 3.05) is 13.6 Å². The van der Waals surface area contributed by atoms with E-state index in [1.54, 1.807) is 25.2 Å². The lowest BCUT2D eigenvalue weighted by atomic mass is 10.2. The van der Waals surface area contributed by atoms with Crippen molar-refractivity contribution in [1.29, 1.82) is 0 Å². The number of hydrogen-bond acceptors (Lipinski definition) is 3. The smallest absolute Gasteiger partial charge is 0.244 e. The maximum Gasteiger partial charge on any atom is 0.244 e. The Labute approximate surface area is 125 Å². The number of nitrogens with two attached hydrogens (primary N) is 1. The number of rotatable bonds is 5. The number of benzene rings is 1. The molecule has 1 aromatic rings. The molecule has 0 amide bonds. The zero-order chi connectivity index (χ0) is 13.3. The third-order valence-corrected chi connectivity index (χ3v) is 5.75. The van der Waals surface area contributed by atoms with E-state index in [4.69, 9.17) is 17.3 Å². The van der Waals surface area contributed by atoms with Gasteiger partial charge in [-0.2, -0.15) is 4.31 Å². The zero-order valence-corrected chi connectivity index (χ0v) is 13.0. The van der Waals surface area contributed by atoms with Gasteiger partial charge in [-0.1, -0.05) is 23.7 Å². The number of nitrogens with zero attached hydrogens (tertiary/aromatic N) is 1. The summed E-state index contributed by atoms with van der Waals surface area (Å²) in [7, 11) is -1.99. The Morgan fingerprint density at radius 3 is 2.47 bits per heavy atom. The standard InChI is InChI=1S/C12H17ClN2O2S.ClH/c1-15(11(8-14)9-6-7-9)18(16,17)12-5-3-2-4-10(12)13;/h2-5,9,11H,6-8,14H2,1H3;1H. The molecular formula is C12H18Cl2N2O2S. The van der Waals surface area contributed by atoms with E-state index in [0.29, 0.717) is 12.5 Å². The highest BCUT2D eigenvalue weighted by Gasteiger charge is 2.38. The van der Waals surface area contributed by atoms with Crippen LogP contribution in [0, 0.1) is 5.92 Å². The second kappa shape index (κ2) is 6.41. The Balaban J connectivity index is 0.00000180. The molecule has 0 heterocycles. The van der Waals surface area contributed by atoms with Gasteiger partial charge in [0.15, 0.2) is 0 Å². The predicted octanol–water partition coefficient (Wildman–Crippen LogP) is 2.12. The van der Waals surface area contributed by atoms with Gasteiger partial charge < -0.3 is 5.73 Å². The van der Waals surface area contributed by atoms with Gasteiger partial charge in [-0.3, -0.25) is 0 Å². The first-order valence-corrected chi connectivity index (χ1v) is 7.73. The van der Waals surface area contributed by atoms with Crippen molar-refractivity contribution in [2.24, 2.45) is 11.7 Å². The summed E-state index contributed by atoms with van der Waals surface area (Å²) in [6, 6.07) is 6.35. The van der Waals surface area contributed by atoms with Crippen LogP contribution in [0.5, 0.6) is 0 Å². The molecule has 0 aromatic heterocycles. The minimum Gasteiger partial charge on any atom is -0.329 e. The normalized spacial score (nSPS) is 17.1. The Morgan fingerprint density at radius 2 is 2.00 bits per heavy atom. The van der Waals surface area contributed by atoms with E-state index >= 15 is 0 Å². The Kier molecular flexibility index (Phi) is 5.65. The number of halogens is 2. The molecule has 7 heteroatoms. The summed E-state index contributed by atoms with van der Waals surface area (Å²) >= 11 is 5.96.